The monoisotopic (exact) mass is 240 g/mol. The maximum absolute atomic E-state index is 10.8. The van der Waals surface area contributed by atoms with E-state index < -0.39 is 0 Å². The van der Waals surface area contributed by atoms with Crippen LogP contribution in [0.25, 0.3) is 0 Å². The molecule has 16 heavy (non-hydrogen) atoms. The van der Waals surface area contributed by atoms with Crippen molar-refractivity contribution < 1.29 is 14.3 Å². The molecule has 4 heteroatoms. The van der Waals surface area contributed by atoms with Crippen molar-refractivity contribution in [2.75, 3.05) is 20.0 Å². The number of carbonyl (C=O) groups excluding carboxylic acids is 1. The fourth-order valence-corrected chi connectivity index (χ4v) is 1.59. The molecule has 0 atom stereocenters. The third-order valence-electron chi connectivity index (χ3n) is 2.08. The number of ether oxygens (including phenoxy) is 2. The van der Waals surface area contributed by atoms with E-state index in [1.54, 1.807) is 11.8 Å². The summed E-state index contributed by atoms with van der Waals surface area (Å²) in [7, 11) is 1.39. The van der Waals surface area contributed by atoms with Crippen LogP contribution in [-0.4, -0.2) is 25.9 Å². The molecule has 0 saturated carbocycles. The number of esters is 1. The summed E-state index contributed by atoms with van der Waals surface area (Å²) in [6.07, 6.45) is 3.11. The Morgan fingerprint density at radius 1 is 1.31 bits per heavy atom. The Hall–Kier alpha value is -1.16. The van der Waals surface area contributed by atoms with E-state index in [1.165, 1.54) is 12.0 Å². The van der Waals surface area contributed by atoms with Gasteiger partial charge < -0.3 is 9.47 Å². The maximum atomic E-state index is 10.8. The Balaban J connectivity index is 2.24. The summed E-state index contributed by atoms with van der Waals surface area (Å²) in [6, 6.07) is 7.90. The molecule has 0 saturated heterocycles. The SMILES string of the molecule is COC(=O)CCCOc1ccc(SC)cc1. The van der Waals surface area contributed by atoms with Gasteiger partial charge in [-0.25, -0.2) is 0 Å². The highest BCUT2D eigenvalue weighted by atomic mass is 32.2. The van der Waals surface area contributed by atoms with Crippen LogP contribution in [0, 0.1) is 0 Å². The second kappa shape index (κ2) is 7.17. The van der Waals surface area contributed by atoms with E-state index in [-0.39, 0.29) is 5.97 Å². The first-order valence-corrected chi connectivity index (χ1v) is 6.32. The molecule has 0 unspecified atom stereocenters. The smallest absolute Gasteiger partial charge is 0.305 e. The molecule has 1 aromatic rings. The molecule has 0 spiro atoms. The van der Waals surface area contributed by atoms with Gasteiger partial charge in [0.05, 0.1) is 13.7 Å². The first kappa shape index (κ1) is 12.9. The van der Waals surface area contributed by atoms with Crippen LogP contribution in [0.1, 0.15) is 12.8 Å². The molecule has 3 nitrogen and oxygen atoms in total. The van der Waals surface area contributed by atoms with Gasteiger partial charge >= 0.3 is 5.97 Å². The van der Waals surface area contributed by atoms with Crippen LogP contribution in [0.15, 0.2) is 29.2 Å². The Kier molecular flexibility index (Phi) is 5.78. The van der Waals surface area contributed by atoms with Gasteiger partial charge in [0.1, 0.15) is 5.75 Å². The van der Waals surface area contributed by atoms with Gasteiger partial charge in [0.2, 0.25) is 0 Å². The van der Waals surface area contributed by atoms with Gasteiger partial charge in [-0.3, -0.25) is 4.79 Å². The van der Waals surface area contributed by atoms with E-state index >= 15 is 0 Å². The molecule has 0 aliphatic carbocycles. The highest BCUT2D eigenvalue weighted by Crippen LogP contribution is 2.19. The number of rotatable bonds is 6. The lowest BCUT2D eigenvalue weighted by Gasteiger charge is -2.05. The lowest BCUT2D eigenvalue weighted by Crippen LogP contribution is -2.04. The van der Waals surface area contributed by atoms with Gasteiger partial charge in [-0.1, -0.05) is 0 Å². The zero-order valence-corrected chi connectivity index (χ0v) is 10.4. The van der Waals surface area contributed by atoms with Gasteiger partial charge in [0.25, 0.3) is 0 Å². The third-order valence-corrected chi connectivity index (χ3v) is 2.82. The van der Waals surface area contributed by atoms with Gasteiger partial charge in [0.15, 0.2) is 0 Å². The van der Waals surface area contributed by atoms with Crippen LogP contribution in [0.5, 0.6) is 5.75 Å². The van der Waals surface area contributed by atoms with Crippen LogP contribution in [0.3, 0.4) is 0 Å². The summed E-state index contributed by atoms with van der Waals surface area (Å²) in [4.78, 5) is 12.0. The zero-order valence-electron chi connectivity index (χ0n) is 9.56. The minimum Gasteiger partial charge on any atom is -0.494 e. The highest BCUT2D eigenvalue weighted by molar-refractivity contribution is 7.98. The largest absolute Gasteiger partial charge is 0.494 e. The summed E-state index contributed by atoms with van der Waals surface area (Å²) in [6.45, 7) is 0.535. The van der Waals surface area contributed by atoms with Crippen molar-refractivity contribution in [3.63, 3.8) is 0 Å². The van der Waals surface area contributed by atoms with Gasteiger partial charge in [0, 0.05) is 11.3 Å². The average molecular weight is 240 g/mol. The lowest BCUT2D eigenvalue weighted by molar-refractivity contribution is -0.140. The number of methoxy groups -OCH3 is 1. The molecule has 0 aliphatic rings. The molecule has 0 bridgehead atoms. The molecule has 88 valence electrons. The van der Waals surface area contributed by atoms with Crippen molar-refractivity contribution in [1.29, 1.82) is 0 Å². The first-order chi connectivity index (χ1) is 7.76. The minimum absolute atomic E-state index is 0.193. The van der Waals surface area contributed by atoms with Crippen molar-refractivity contribution in [2.45, 2.75) is 17.7 Å². The normalized spacial score (nSPS) is 9.88. The molecule has 0 amide bonds. The van der Waals surface area contributed by atoms with Crippen molar-refractivity contribution in [2.24, 2.45) is 0 Å². The van der Waals surface area contributed by atoms with E-state index in [0.717, 1.165) is 5.75 Å². The average Bonchev–Trinajstić information content (AvgIpc) is 2.35. The predicted octanol–water partition coefficient (Wildman–Crippen LogP) is 2.74. The molecule has 0 heterocycles. The number of carbonyl (C=O) groups is 1. The summed E-state index contributed by atoms with van der Waals surface area (Å²) in [5.74, 6) is 0.643. The number of benzene rings is 1. The van der Waals surface area contributed by atoms with Crippen molar-refractivity contribution >= 4 is 17.7 Å². The summed E-state index contributed by atoms with van der Waals surface area (Å²) in [5.41, 5.74) is 0. The lowest BCUT2D eigenvalue weighted by atomic mass is 10.3. The second-order valence-electron chi connectivity index (χ2n) is 3.20. The van der Waals surface area contributed by atoms with Crippen molar-refractivity contribution in [3.05, 3.63) is 24.3 Å². The van der Waals surface area contributed by atoms with E-state index in [9.17, 15) is 4.79 Å². The standard InChI is InChI=1S/C12H16O3S/c1-14-12(13)4-3-9-15-10-5-7-11(16-2)8-6-10/h5-8H,3-4,9H2,1-2H3. The molecule has 0 fully saturated rings. The van der Waals surface area contributed by atoms with E-state index in [2.05, 4.69) is 4.74 Å². The van der Waals surface area contributed by atoms with Crippen molar-refractivity contribution in [1.82, 2.24) is 0 Å². The fraction of sp³-hybridized carbons (Fsp3) is 0.417. The van der Waals surface area contributed by atoms with E-state index in [1.807, 2.05) is 30.5 Å². The molecule has 0 N–H and O–H groups in total. The Morgan fingerprint density at radius 3 is 2.56 bits per heavy atom. The summed E-state index contributed by atoms with van der Waals surface area (Å²) >= 11 is 1.70. The van der Waals surface area contributed by atoms with Gasteiger partial charge in [-0.15, -0.1) is 11.8 Å². The summed E-state index contributed by atoms with van der Waals surface area (Å²) < 4.78 is 10.0. The Labute approximate surface area is 100 Å². The quantitative estimate of drug-likeness (QED) is 0.435. The third kappa shape index (κ3) is 4.57. The van der Waals surface area contributed by atoms with Gasteiger partial charge in [-0.05, 0) is 36.9 Å². The van der Waals surface area contributed by atoms with E-state index in [4.69, 9.17) is 4.74 Å². The van der Waals surface area contributed by atoms with Crippen LogP contribution in [-0.2, 0) is 9.53 Å². The fourth-order valence-electron chi connectivity index (χ4n) is 1.18. The zero-order chi connectivity index (χ0) is 11.8. The van der Waals surface area contributed by atoms with E-state index in [0.29, 0.717) is 19.4 Å². The second-order valence-corrected chi connectivity index (χ2v) is 4.08. The maximum Gasteiger partial charge on any atom is 0.305 e. The molecular weight excluding hydrogens is 224 g/mol. The minimum atomic E-state index is -0.193. The number of hydrogen-bond donors (Lipinski definition) is 0. The topological polar surface area (TPSA) is 35.5 Å². The molecule has 0 radical (unpaired) electrons. The van der Waals surface area contributed by atoms with Crippen LogP contribution in [0.4, 0.5) is 0 Å². The molecule has 1 aromatic carbocycles. The van der Waals surface area contributed by atoms with Crippen LogP contribution >= 0.6 is 11.8 Å². The molecular formula is C12H16O3S. The van der Waals surface area contributed by atoms with Crippen LogP contribution < -0.4 is 4.74 Å². The van der Waals surface area contributed by atoms with Crippen molar-refractivity contribution in [3.8, 4) is 5.75 Å². The number of hydrogen-bond acceptors (Lipinski definition) is 4. The number of thioether (sulfide) groups is 1. The van der Waals surface area contributed by atoms with Gasteiger partial charge in [-0.2, -0.15) is 0 Å². The predicted molar refractivity (Wildman–Crippen MR) is 65.0 cm³/mol. The highest BCUT2D eigenvalue weighted by Gasteiger charge is 2.00. The Bertz CT molecular complexity index is 322. The summed E-state index contributed by atoms with van der Waals surface area (Å²) in [5, 5.41) is 0. The molecule has 0 aromatic heterocycles. The van der Waals surface area contributed by atoms with Crippen LogP contribution in [0.2, 0.25) is 0 Å². The first-order valence-electron chi connectivity index (χ1n) is 5.10. The molecule has 0 aliphatic heterocycles. The Morgan fingerprint density at radius 2 is 2.00 bits per heavy atom. The molecule has 1 rings (SSSR count).